The molecule has 3 atom stereocenters. The minimum absolute atomic E-state index is 0.00336. The normalized spacial score (nSPS) is 28.8. The summed E-state index contributed by atoms with van der Waals surface area (Å²) in [7, 11) is -8.11. The van der Waals surface area contributed by atoms with Gasteiger partial charge in [-0.15, -0.1) is 4.40 Å². The molecule has 7 rings (SSSR count). The third kappa shape index (κ3) is 4.56. The van der Waals surface area contributed by atoms with Gasteiger partial charge in [-0.2, -0.15) is 8.42 Å². The first-order valence-corrected chi connectivity index (χ1v) is 16.2. The average Bonchev–Trinajstić information content (AvgIpc) is 2.87. The van der Waals surface area contributed by atoms with Crippen LogP contribution in [0.1, 0.15) is 31.2 Å². The van der Waals surface area contributed by atoms with Crippen molar-refractivity contribution < 1.29 is 35.2 Å². The van der Waals surface area contributed by atoms with E-state index < -0.39 is 61.2 Å². The molecule has 2 N–H and O–H groups in total. The first-order chi connectivity index (χ1) is 18.8. The van der Waals surface area contributed by atoms with Gasteiger partial charge in [-0.25, -0.2) is 17.2 Å². The number of likely N-dealkylation sites (tertiary alicyclic amines) is 1. The lowest BCUT2D eigenvalue weighted by molar-refractivity contribution is -0.162. The van der Waals surface area contributed by atoms with Gasteiger partial charge in [0.2, 0.25) is 15.9 Å². The fraction of sp³-hybridized carbons (Fsp3) is 0.423. The van der Waals surface area contributed by atoms with E-state index in [0.717, 1.165) is 50.1 Å². The number of carbonyl (C=O) groups excluding carboxylic acids is 2. The maximum atomic E-state index is 14.7. The van der Waals surface area contributed by atoms with Gasteiger partial charge in [0.05, 0.1) is 11.9 Å². The van der Waals surface area contributed by atoms with Gasteiger partial charge < -0.3 is 10.2 Å². The van der Waals surface area contributed by atoms with Gasteiger partial charge in [-0.3, -0.25) is 14.3 Å². The molecule has 2 aromatic rings. The third-order valence-corrected chi connectivity index (χ3v) is 10.3. The highest BCUT2D eigenvalue weighted by molar-refractivity contribution is 7.92. The number of hydrogen-bond acceptors (Lipinski definition) is 7. The number of nitrogens with zero attached hydrogens (tertiary/aromatic N) is 2. The summed E-state index contributed by atoms with van der Waals surface area (Å²) in [5.41, 5.74) is 0.127. The van der Waals surface area contributed by atoms with E-state index >= 15 is 0 Å². The number of sulfonamides is 2. The Morgan fingerprint density at radius 2 is 1.75 bits per heavy atom. The van der Waals surface area contributed by atoms with Crippen molar-refractivity contribution in [2.45, 2.75) is 43.2 Å². The number of fused-ring (bicyclic) bond motifs is 3. The van der Waals surface area contributed by atoms with Gasteiger partial charge in [0, 0.05) is 35.8 Å². The fourth-order valence-electron chi connectivity index (χ4n) is 6.74. The Bertz CT molecular complexity index is 1690. The van der Waals surface area contributed by atoms with Crippen LogP contribution in [0.15, 0.2) is 45.7 Å². The predicted octanol–water partition coefficient (Wildman–Crippen LogP) is 2.88. The summed E-state index contributed by atoms with van der Waals surface area (Å²) in [4.78, 5) is 29.1. The van der Waals surface area contributed by atoms with E-state index in [1.807, 2.05) is 0 Å². The second-order valence-electron chi connectivity index (χ2n) is 10.9. The van der Waals surface area contributed by atoms with Crippen LogP contribution < -0.4 is 10.0 Å². The minimum atomic E-state index is -4.43. The molecule has 14 heteroatoms. The highest BCUT2D eigenvalue weighted by atomic mass is 32.2. The smallest absolute Gasteiger partial charge is 0.286 e. The zero-order chi connectivity index (χ0) is 28.6. The summed E-state index contributed by atoms with van der Waals surface area (Å²) >= 11 is 0. The van der Waals surface area contributed by atoms with Gasteiger partial charge in [0.25, 0.3) is 10.0 Å². The molecule has 1 saturated heterocycles. The molecule has 3 unspecified atom stereocenters. The van der Waals surface area contributed by atoms with E-state index in [2.05, 4.69) is 14.4 Å². The molecule has 5 aliphatic rings. The van der Waals surface area contributed by atoms with Crippen molar-refractivity contribution in [2.24, 2.45) is 28.1 Å². The third-order valence-electron chi connectivity index (χ3n) is 8.35. The van der Waals surface area contributed by atoms with Gasteiger partial charge in [-0.05, 0) is 61.8 Å². The molecule has 4 fully saturated rings. The second-order valence-corrected chi connectivity index (χ2v) is 14.2. The summed E-state index contributed by atoms with van der Waals surface area (Å²) < 4.78 is 83.8. The summed E-state index contributed by atoms with van der Waals surface area (Å²) in [6.45, 7) is -0.198. The van der Waals surface area contributed by atoms with Crippen LogP contribution in [-0.4, -0.2) is 51.6 Å². The van der Waals surface area contributed by atoms with Crippen molar-refractivity contribution in [3.05, 3.63) is 53.6 Å². The number of anilines is 2. The lowest BCUT2D eigenvalue weighted by atomic mass is 9.57. The van der Waals surface area contributed by atoms with Crippen molar-refractivity contribution in [1.82, 2.24) is 4.90 Å². The SMILES string of the molecule is CS(=O)(=O)Nc1ccc2c(c1)S(=O)(=O)N=C(C1C(=O)C3C4CCC(CC4)C3N(Cc3ccc(F)cc3F)C1=O)N2. The predicted molar refractivity (Wildman–Crippen MR) is 141 cm³/mol. The van der Waals surface area contributed by atoms with E-state index in [1.165, 1.54) is 23.1 Å². The zero-order valence-corrected chi connectivity index (χ0v) is 22.9. The van der Waals surface area contributed by atoms with E-state index in [1.54, 1.807) is 0 Å². The van der Waals surface area contributed by atoms with Crippen LogP contribution in [0, 0.1) is 35.3 Å². The molecule has 0 spiro atoms. The highest BCUT2D eigenvalue weighted by Crippen LogP contribution is 2.51. The molecular formula is C26H26F2N4O6S2. The summed E-state index contributed by atoms with van der Waals surface area (Å²) in [6, 6.07) is 6.40. The molecule has 40 heavy (non-hydrogen) atoms. The Morgan fingerprint density at radius 3 is 2.42 bits per heavy atom. The quantitative estimate of drug-likeness (QED) is 0.509. The first kappa shape index (κ1) is 26.8. The Morgan fingerprint density at radius 1 is 1.05 bits per heavy atom. The van der Waals surface area contributed by atoms with Crippen molar-refractivity contribution in [2.75, 3.05) is 16.3 Å². The van der Waals surface area contributed by atoms with Crippen LogP contribution in [0.3, 0.4) is 0 Å². The molecule has 3 aliphatic carbocycles. The number of halogens is 2. The fourth-order valence-corrected chi connectivity index (χ4v) is 8.48. The highest BCUT2D eigenvalue weighted by Gasteiger charge is 2.58. The summed E-state index contributed by atoms with van der Waals surface area (Å²) in [5, 5.41) is 2.82. The Labute approximate surface area is 230 Å². The van der Waals surface area contributed by atoms with E-state index in [4.69, 9.17) is 0 Å². The largest absolute Gasteiger partial charge is 0.341 e. The topological polar surface area (TPSA) is 142 Å². The number of piperidine rings is 1. The Hall–Kier alpha value is -3.39. The molecule has 2 heterocycles. The van der Waals surface area contributed by atoms with Gasteiger partial charge in [0.15, 0.2) is 11.7 Å². The van der Waals surface area contributed by atoms with Crippen LogP contribution in [0.25, 0.3) is 0 Å². The van der Waals surface area contributed by atoms with Gasteiger partial charge in [0.1, 0.15) is 22.4 Å². The van der Waals surface area contributed by atoms with Crippen LogP contribution in [0.4, 0.5) is 20.2 Å². The number of Topliss-reactive ketones (excluding diaryl/α,β-unsaturated/α-hetero) is 1. The number of amidine groups is 1. The van der Waals surface area contributed by atoms with Gasteiger partial charge in [-0.1, -0.05) is 6.07 Å². The molecule has 212 valence electrons. The number of benzene rings is 2. The number of rotatable bonds is 5. The molecule has 3 saturated carbocycles. The number of ketones is 1. The van der Waals surface area contributed by atoms with E-state index in [9.17, 15) is 35.2 Å². The molecule has 1 amide bonds. The molecule has 0 radical (unpaired) electrons. The van der Waals surface area contributed by atoms with Gasteiger partial charge >= 0.3 is 0 Å². The Balaban J connectivity index is 1.39. The molecule has 2 bridgehead atoms. The van der Waals surface area contributed by atoms with Crippen LogP contribution in [-0.2, 0) is 36.2 Å². The number of carbonyl (C=O) groups is 2. The molecule has 2 aliphatic heterocycles. The van der Waals surface area contributed by atoms with Crippen molar-refractivity contribution in [3.8, 4) is 0 Å². The number of nitrogens with one attached hydrogen (secondary N) is 2. The molecule has 2 aromatic carbocycles. The lowest BCUT2D eigenvalue weighted by Gasteiger charge is -2.55. The number of amides is 1. The van der Waals surface area contributed by atoms with Crippen LogP contribution >= 0.6 is 0 Å². The monoisotopic (exact) mass is 592 g/mol. The van der Waals surface area contributed by atoms with Crippen LogP contribution in [0.5, 0.6) is 0 Å². The second kappa shape index (κ2) is 9.33. The summed E-state index contributed by atoms with van der Waals surface area (Å²) in [5.74, 6) is -5.11. The lowest BCUT2D eigenvalue weighted by Crippen LogP contribution is -2.66. The van der Waals surface area contributed by atoms with E-state index in [0.29, 0.717) is 0 Å². The molecule has 0 aromatic heterocycles. The van der Waals surface area contributed by atoms with Crippen molar-refractivity contribution in [1.29, 1.82) is 0 Å². The number of hydrogen-bond donors (Lipinski definition) is 2. The zero-order valence-electron chi connectivity index (χ0n) is 21.3. The summed E-state index contributed by atoms with van der Waals surface area (Å²) in [6.07, 6.45) is 4.17. The molecular weight excluding hydrogens is 566 g/mol. The maximum absolute atomic E-state index is 14.7. The first-order valence-electron chi connectivity index (χ1n) is 12.8. The van der Waals surface area contributed by atoms with E-state index in [-0.39, 0.29) is 46.0 Å². The van der Waals surface area contributed by atoms with Crippen molar-refractivity contribution >= 4 is 48.9 Å². The van der Waals surface area contributed by atoms with Crippen LogP contribution in [0.2, 0.25) is 0 Å². The minimum Gasteiger partial charge on any atom is -0.341 e. The van der Waals surface area contributed by atoms with Crippen molar-refractivity contribution in [3.63, 3.8) is 0 Å². The maximum Gasteiger partial charge on any atom is 0.286 e. The molecule has 10 nitrogen and oxygen atoms in total. The standard InChI is InChI=1S/C26H26F2N4O6S2/c1-39(35,36)30-17-8-9-19-20(11-17)40(37,38)31-25(29-19)22-24(33)21-13-2-4-14(5-3-13)23(21)32(26(22)34)12-15-6-7-16(27)10-18(15)28/h6-11,13-14,21-23,30H,2-5,12H2,1H3,(H,29,31). The average molecular weight is 593 g/mol. The Kier molecular flexibility index (Phi) is 6.26.